The highest BCUT2D eigenvalue weighted by Gasteiger charge is 2.20. The number of anilines is 1. The van der Waals surface area contributed by atoms with E-state index in [2.05, 4.69) is 20.0 Å². The van der Waals surface area contributed by atoms with E-state index in [9.17, 15) is 13.2 Å². The van der Waals surface area contributed by atoms with Crippen molar-refractivity contribution in [2.45, 2.75) is 31.6 Å². The number of nitrogens with one attached hydrogen (secondary N) is 2. The molecule has 2 N–H and O–H groups in total. The first-order valence-electron chi connectivity index (χ1n) is 10.3. The van der Waals surface area contributed by atoms with Crippen molar-refractivity contribution < 1.29 is 17.9 Å². The number of aryl methyl sites for hydroxylation is 2. The molecule has 0 fully saturated rings. The first-order valence-corrected chi connectivity index (χ1v) is 11.8. The number of fused-ring (bicyclic) bond motifs is 4. The van der Waals surface area contributed by atoms with Crippen LogP contribution in [0.1, 0.15) is 34.3 Å². The second-order valence-electron chi connectivity index (χ2n) is 7.63. The quantitative estimate of drug-likeness (QED) is 0.585. The van der Waals surface area contributed by atoms with Crippen LogP contribution in [-0.4, -0.2) is 37.4 Å². The lowest BCUT2D eigenvalue weighted by Gasteiger charge is -2.14. The van der Waals surface area contributed by atoms with Gasteiger partial charge >= 0.3 is 0 Å². The number of aromatic nitrogens is 2. The number of ether oxygens (including phenoxy) is 1. The van der Waals surface area contributed by atoms with Crippen LogP contribution in [0.2, 0.25) is 0 Å². The number of rotatable bonds is 1. The number of amides is 1. The van der Waals surface area contributed by atoms with Crippen molar-refractivity contribution in [3.63, 3.8) is 0 Å². The van der Waals surface area contributed by atoms with E-state index in [1.807, 2.05) is 32.0 Å². The lowest BCUT2D eigenvalue weighted by molar-refractivity contribution is 0.0952. The van der Waals surface area contributed by atoms with Crippen molar-refractivity contribution >= 4 is 21.9 Å². The van der Waals surface area contributed by atoms with E-state index in [-0.39, 0.29) is 28.2 Å². The Hall–Kier alpha value is -3.46. The topological polar surface area (TPSA) is 110 Å². The van der Waals surface area contributed by atoms with Gasteiger partial charge in [0.2, 0.25) is 11.8 Å². The summed E-state index contributed by atoms with van der Waals surface area (Å²) in [5.41, 5.74) is 3.75. The lowest BCUT2D eigenvalue weighted by atomic mass is 10.00. The average Bonchev–Trinajstić information content (AvgIpc) is 2.75. The predicted molar refractivity (Wildman–Crippen MR) is 121 cm³/mol. The molecule has 166 valence electrons. The van der Waals surface area contributed by atoms with Crippen molar-refractivity contribution in [1.29, 1.82) is 0 Å². The van der Waals surface area contributed by atoms with E-state index >= 15 is 0 Å². The first kappa shape index (κ1) is 21.8. The van der Waals surface area contributed by atoms with Crippen LogP contribution in [0, 0.1) is 13.8 Å². The van der Waals surface area contributed by atoms with Crippen LogP contribution in [0.25, 0.3) is 11.3 Å². The molecule has 1 aromatic heterocycles. The van der Waals surface area contributed by atoms with Gasteiger partial charge in [0.05, 0.1) is 17.2 Å². The molecule has 0 aliphatic carbocycles. The van der Waals surface area contributed by atoms with Gasteiger partial charge in [0.25, 0.3) is 15.9 Å². The Morgan fingerprint density at radius 3 is 2.50 bits per heavy atom. The molecule has 0 saturated heterocycles. The van der Waals surface area contributed by atoms with Crippen LogP contribution < -0.4 is 14.8 Å². The van der Waals surface area contributed by atoms with E-state index < -0.39 is 10.0 Å². The van der Waals surface area contributed by atoms with Crippen molar-refractivity contribution in [3.05, 3.63) is 65.2 Å². The minimum atomic E-state index is -4.03. The molecular weight excluding hydrogens is 428 g/mol. The van der Waals surface area contributed by atoms with Crippen LogP contribution in [0.5, 0.6) is 5.88 Å². The molecular formula is C23H24N4O4S. The third-order valence-electron chi connectivity index (χ3n) is 5.18. The third kappa shape index (κ3) is 4.72. The van der Waals surface area contributed by atoms with Gasteiger partial charge in [-0.25, -0.2) is 18.1 Å². The van der Waals surface area contributed by atoms with Crippen molar-refractivity contribution in [1.82, 2.24) is 15.3 Å². The zero-order valence-electron chi connectivity index (χ0n) is 17.9. The molecule has 1 aliphatic rings. The normalized spacial score (nSPS) is 16.0. The Balaban J connectivity index is 1.81. The summed E-state index contributed by atoms with van der Waals surface area (Å²) in [6, 6.07) is 13.5. The zero-order valence-corrected chi connectivity index (χ0v) is 18.7. The summed E-state index contributed by atoms with van der Waals surface area (Å²) < 4.78 is 34.3. The Morgan fingerprint density at radius 2 is 1.72 bits per heavy atom. The van der Waals surface area contributed by atoms with Gasteiger partial charge < -0.3 is 10.1 Å². The highest BCUT2D eigenvalue weighted by molar-refractivity contribution is 7.92. The summed E-state index contributed by atoms with van der Waals surface area (Å²) in [4.78, 5) is 21.1. The third-order valence-corrected chi connectivity index (χ3v) is 6.50. The molecule has 0 spiro atoms. The molecule has 2 aromatic carbocycles. The lowest BCUT2D eigenvalue weighted by Crippen LogP contribution is -2.25. The minimum absolute atomic E-state index is 0.0523. The smallest absolute Gasteiger partial charge is 0.264 e. The number of sulfonamides is 1. The van der Waals surface area contributed by atoms with Gasteiger partial charge in [0.15, 0.2) is 0 Å². The van der Waals surface area contributed by atoms with E-state index in [1.165, 1.54) is 18.2 Å². The highest BCUT2D eigenvalue weighted by atomic mass is 32.2. The SMILES string of the molecule is Cc1cccc(C)c1-c1cc2nc(n1)NS(=O)(=O)c1cccc(c1)C(=O)NCCCCO2. The number of carbonyl (C=O) groups excluding carboxylic acids is 1. The van der Waals surface area contributed by atoms with Crippen LogP contribution >= 0.6 is 0 Å². The summed E-state index contributed by atoms with van der Waals surface area (Å²) in [5, 5.41) is 2.80. The maximum Gasteiger partial charge on any atom is 0.264 e. The standard InChI is InChI=1S/C23H24N4O4S/c1-15-7-5-8-16(2)21(15)19-14-20-26-23(25-19)27-32(29,30)18-10-6-9-17(13-18)22(28)24-11-3-4-12-31-20/h5-10,13-14H,3-4,11-12H2,1-2H3,(H,24,28)(H,25,26,27). The molecule has 0 radical (unpaired) electrons. The molecule has 0 unspecified atom stereocenters. The Labute approximate surface area is 187 Å². The fraction of sp³-hybridized carbons (Fsp3) is 0.261. The van der Waals surface area contributed by atoms with E-state index in [4.69, 9.17) is 4.74 Å². The Kier molecular flexibility index (Phi) is 6.09. The fourth-order valence-corrected chi connectivity index (χ4v) is 4.57. The van der Waals surface area contributed by atoms with Gasteiger partial charge in [0.1, 0.15) is 0 Å². The summed E-state index contributed by atoms with van der Waals surface area (Å²) in [5.74, 6) is -0.139. The van der Waals surface area contributed by atoms with Gasteiger partial charge in [-0.3, -0.25) is 4.79 Å². The molecule has 8 nitrogen and oxygen atoms in total. The molecule has 3 aromatic rings. The average molecular weight is 453 g/mol. The number of hydrogen-bond donors (Lipinski definition) is 2. The maximum absolute atomic E-state index is 13.0. The summed E-state index contributed by atoms with van der Waals surface area (Å²) in [6.45, 7) is 4.78. The summed E-state index contributed by atoms with van der Waals surface area (Å²) in [7, 11) is -4.03. The molecule has 1 amide bonds. The summed E-state index contributed by atoms with van der Waals surface area (Å²) in [6.07, 6.45) is 1.41. The van der Waals surface area contributed by atoms with Crippen molar-refractivity contribution in [2.24, 2.45) is 0 Å². The fourth-order valence-electron chi connectivity index (χ4n) is 3.58. The number of carbonyl (C=O) groups is 1. The molecule has 9 heteroatoms. The van der Waals surface area contributed by atoms with Crippen LogP contribution in [0.4, 0.5) is 5.95 Å². The van der Waals surface area contributed by atoms with Gasteiger partial charge in [-0.05, 0) is 56.0 Å². The second-order valence-corrected chi connectivity index (χ2v) is 9.31. The molecule has 0 atom stereocenters. The van der Waals surface area contributed by atoms with Gasteiger partial charge in [-0.1, -0.05) is 24.3 Å². The molecule has 1 aliphatic heterocycles. The van der Waals surface area contributed by atoms with Gasteiger partial charge in [0, 0.05) is 23.7 Å². The Bertz CT molecular complexity index is 1250. The van der Waals surface area contributed by atoms with E-state index in [0.717, 1.165) is 16.7 Å². The van der Waals surface area contributed by atoms with Crippen molar-refractivity contribution in [3.8, 4) is 17.1 Å². The first-order chi connectivity index (χ1) is 15.3. The van der Waals surface area contributed by atoms with Crippen LogP contribution in [0.15, 0.2) is 53.4 Å². The van der Waals surface area contributed by atoms with Crippen molar-refractivity contribution in [2.75, 3.05) is 17.9 Å². The Morgan fingerprint density at radius 1 is 0.969 bits per heavy atom. The van der Waals surface area contributed by atoms with Crippen LogP contribution in [-0.2, 0) is 10.0 Å². The van der Waals surface area contributed by atoms with Gasteiger partial charge in [-0.15, -0.1) is 0 Å². The zero-order chi connectivity index (χ0) is 22.7. The predicted octanol–water partition coefficient (Wildman–Crippen LogP) is 3.46. The molecule has 4 bridgehead atoms. The number of nitrogens with zero attached hydrogens (tertiary/aromatic N) is 2. The molecule has 32 heavy (non-hydrogen) atoms. The molecule has 4 rings (SSSR count). The maximum atomic E-state index is 13.0. The number of benzene rings is 2. The van der Waals surface area contributed by atoms with E-state index in [1.54, 1.807) is 12.1 Å². The van der Waals surface area contributed by atoms with Gasteiger partial charge in [-0.2, -0.15) is 4.98 Å². The highest BCUT2D eigenvalue weighted by Crippen LogP contribution is 2.29. The second kappa shape index (κ2) is 8.96. The number of hydrogen-bond acceptors (Lipinski definition) is 6. The minimum Gasteiger partial charge on any atom is -0.478 e. The van der Waals surface area contributed by atoms with E-state index in [0.29, 0.717) is 31.7 Å². The largest absolute Gasteiger partial charge is 0.478 e. The summed E-state index contributed by atoms with van der Waals surface area (Å²) >= 11 is 0. The molecule has 0 saturated carbocycles. The monoisotopic (exact) mass is 452 g/mol. The molecule has 2 heterocycles. The van der Waals surface area contributed by atoms with Crippen LogP contribution in [0.3, 0.4) is 0 Å².